The van der Waals surface area contributed by atoms with Crippen LogP contribution in [0.4, 0.5) is 15.8 Å². The second-order valence-corrected chi connectivity index (χ2v) is 9.43. The van der Waals surface area contributed by atoms with Crippen molar-refractivity contribution < 1.29 is 18.7 Å². The maximum absolute atomic E-state index is 14.3. The third-order valence-electron chi connectivity index (χ3n) is 6.14. The molecule has 11 heteroatoms. The molecule has 39 heavy (non-hydrogen) atoms. The van der Waals surface area contributed by atoms with Crippen LogP contribution in [0.1, 0.15) is 29.8 Å². The Labute approximate surface area is 222 Å². The van der Waals surface area contributed by atoms with E-state index in [-0.39, 0.29) is 12.1 Å². The summed E-state index contributed by atoms with van der Waals surface area (Å²) < 4.78 is 21.0. The highest BCUT2D eigenvalue weighted by Crippen LogP contribution is 2.29. The van der Waals surface area contributed by atoms with Crippen molar-refractivity contribution in [2.24, 2.45) is 0 Å². The Hall–Kier alpha value is -5.08. The summed E-state index contributed by atoms with van der Waals surface area (Å²) in [5, 5.41) is 29.2. The smallest absolute Gasteiger partial charge is 0.255 e. The Bertz CT molecular complexity index is 1670. The van der Waals surface area contributed by atoms with Gasteiger partial charge in [0.05, 0.1) is 52.1 Å². The molecule has 0 aliphatic rings. The number of nitriles is 1. The molecule has 0 saturated carbocycles. The van der Waals surface area contributed by atoms with E-state index in [1.807, 2.05) is 36.4 Å². The lowest BCUT2D eigenvalue weighted by Gasteiger charge is -2.22. The molecular weight excluding hydrogens is 501 g/mol. The number of hydrogen-bond acceptors (Lipinski definition) is 8. The number of nitrogens with one attached hydrogen (secondary N) is 2. The highest BCUT2D eigenvalue weighted by Gasteiger charge is 2.27. The minimum atomic E-state index is -1.66. The third-order valence-corrected chi connectivity index (χ3v) is 6.14. The number of fused-ring (bicyclic) bond motifs is 1. The number of alkyl halides is 1. The van der Waals surface area contributed by atoms with Gasteiger partial charge in [0.15, 0.2) is 6.39 Å². The van der Waals surface area contributed by atoms with Crippen molar-refractivity contribution in [1.29, 1.82) is 5.26 Å². The number of pyridine rings is 1. The number of oxazole rings is 1. The largest absolute Gasteiger partial charge is 0.451 e. The zero-order valence-electron chi connectivity index (χ0n) is 21.1. The minimum absolute atomic E-state index is 0.183. The van der Waals surface area contributed by atoms with E-state index in [0.717, 1.165) is 5.56 Å². The van der Waals surface area contributed by atoms with Gasteiger partial charge in [-0.05, 0) is 50.2 Å². The normalized spacial score (nSPS) is 12.2. The third kappa shape index (κ3) is 5.46. The number of carbonyl (C=O) groups excluding carboxylic acids is 1. The predicted octanol–water partition coefficient (Wildman–Crippen LogP) is 4.51. The van der Waals surface area contributed by atoms with Gasteiger partial charge in [0.25, 0.3) is 5.91 Å². The van der Waals surface area contributed by atoms with E-state index in [9.17, 15) is 19.6 Å². The van der Waals surface area contributed by atoms with Gasteiger partial charge in [-0.1, -0.05) is 12.1 Å². The van der Waals surface area contributed by atoms with E-state index in [1.165, 1.54) is 32.6 Å². The maximum Gasteiger partial charge on any atom is 0.255 e. The first-order chi connectivity index (χ1) is 18.7. The number of amides is 1. The van der Waals surface area contributed by atoms with Crippen LogP contribution in [0, 0.1) is 11.3 Å². The predicted molar refractivity (Wildman–Crippen MR) is 142 cm³/mol. The summed E-state index contributed by atoms with van der Waals surface area (Å²) in [4.78, 5) is 21.7. The number of benzene rings is 1. The average molecular weight is 526 g/mol. The van der Waals surface area contributed by atoms with E-state index in [4.69, 9.17) is 4.42 Å². The van der Waals surface area contributed by atoms with E-state index in [2.05, 4.69) is 31.8 Å². The molecule has 4 aromatic heterocycles. The molecular formula is C28H24FN7O3. The van der Waals surface area contributed by atoms with Crippen molar-refractivity contribution in [3.05, 3.63) is 84.7 Å². The number of carbonyl (C=O) groups is 1. The molecule has 3 N–H and O–H groups in total. The summed E-state index contributed by atoms with van der Waals surface area (Å²) in [5.74, 6) is -0.556. The highest BCUT2D eigenvalue weighted by atomic mass is 19.1. The molecule has 10 nitrogen and oxygen atoms in total. The van der Waals surface area contributed by atoms with Crippen molar-refractivity contribution >= 4 is 22.8 Å². The topological polar surface area (TPSA) is 141 Å². The average Bonchev–Trinajstić information content (AvgIpc) is 3.61. The standard InChI is InChI=1S/C28H24FN7O3/c1-28(2,38)26(29)14-32-27(37)21-13-31-23(25-8-7-20-9-17(11-30)12-34-36(20)25)10-22(21)35-19-5-3-18(4-6-19)24-15-39-16-33-24/h3-10,12-13,15-16,26,38H,14H2,1-2H3,(H,31,35)(H,32,37)/t26-/m1/s1. The number of anilines is 2. The first-order valence-electron chi connectivity index (χ1n) is 12.0. The maximum atomic E-state index is 14.3. The van der Waals surface area contributed by atoms with Crippen LogP contribution in [0.2, 0.25) is 0 Å². The van der Waals surface area contributed by atoms with E-state index >= 15 is 0 Å². The van der Waals surface area contributed by atoms with E-state index in [1.54, 1.807) is 22.9 Å². The summed E-state index contributed by atoms with van der Waals surface area (Å²) in [6, 6.07) is 16.5. The van der Waals surface area contributed by atoms with Crippen LogP contribution in [-0.4, -0.2) is 48.9 Å². The number of rotatable bonds is 8. The van der Waals surface area contributed by atoms with Crippen LogP contribution in [0.3, 0.4) is 0 Å². The number of halogens is 1. The summed E-state index contributed by atoms with van der Waals surface area (Å²) in [6.07, 6.45) is 4.10. The molecule has 1 atom stereocenters. The summed E-state index contributed by atoms with van der Waals surface area (Å²) in [5.41, 5.74) is 3.55. The summed E-state index contributed by atoms with van der Waals surface area (Å²) in [7, 11) is 0. The molecule has 5 aromatic rings. The highest BCUT2D eigenvalue weighted by molar-refractivity contribution is 6.00. The van der Waals surface area contributed by atoms with Gasteiger partial charge < -0.3 is 20.2 Å². The van der Waals surface area contributed by atoms with Gasteiger partial charge >= 0.3 is 0 Å². The molecule has 0 saturated heterocycles. The quantitative estimate of drug-likeness (QED) is 0.269. The van der Waals surface area contributed by atoms with Gasteiger partial charge in [-0.15, -0.1) is 0 Å². The fourth-order valence-corrected chi connectivity index (χ4v) is 3.90. The van der Waals surface area contributed by atoms with Crippen molar-refractivity contribution in [2.75, 3.05) is 11.9 Å². The molecule has 0 unspecified atom stereocenters. The lowest BCUT2D eigenvalue weighted by molar-refractivity contribution is -0.00177. The Balaban J connectivity index is 1.49. The van der Waals surface area contributed by atoms with E-state index < -0.39 is 17.7 Å². The molecule has 196 valence electrons. The molecule has 0 fully saturated rings. The zero-order valence-corrected chi connectivity index (χ0v) is 21.1. The van der Waals surface area contributed by atoms with Gasteiger partial charge in [0, 0.05) is 17.4 Å². The van der Waals surface area contributed by atoms with Crippen molar-refractivity contribution in [1.82, 2.24) is 24.9 Å². The molecule has 0 aliphatic carbocycles. The lowest BCUT2D eigenvalue weighted by atomic mass is 10.0. The molecule has 1 aromatic carbocycles. The first-order valence-corrected chi connectivity index (χ1v) is 12.0. The SMILES string of the molecule is CC(C)(O)[C@H](F)CNC(=O)c1cnc(-c2ccc3cc(C#N)cnn23)cc1Nc1ccc(-c2cocn2)cc1. The van der Waals surface area contributed by atoms with Crippen molar-refractivity contribution in [3.8, 4) is 28.7 Å². The second kappa shape index (κ2) is 10.4. The number of nitrogens with zero attached hydrogens (tertiary/aromatic N) is 5. The molecule has 0 aliphatic heterocycles. The molecule has 5 rings (SSSR count). The lowest BCUT2D eigenvalue weighted by Crippen LogP contribution is -2.42. The Morgan fingerprint density at radius 3 is 2.64 bits per heavy atom. The van der Waals surface area contributed by atoms with Crippen LogP contribution in [0.25, 0.3) is 28.2 Å². The van der Waals surface area contributed by atoms with Crippen molar-refractivity contribution in [2.45, 2.75) is 25.6 Å². The van der Waals surface area contributed by atoms with Crippen LogP contribution < -0.4 is 10.6 Å². The van der Waals surface area contributed by atoms with Crippen molar-refractivity contribution in [3.63, 3.8) is 0 Å². The van der Waals surface area contributed by atoms with Crippen LogP contribution in [-0.2, 0) is 0 Å². The molecule has 1 amide bonds. The van der Waals surface area contributed by atoms with Gasteiger partial charge in [-0.3, -0.25) is 9.78 Å². The zero-order chi connectivity index (χ0) is 27.6. The Morgan fingerprint density at radius 2 is 1.95 bits per heavy atom. The first kappa shape index (κ1) is 25.6. The Kier molecular flexibility index (Phi) is 6.79. The number of hydrogen-bond donors (Lipinski definition) is 3. The summed E-state index contributed by atoms with van der Waals surface area (Å²) >= 11 is 0. The van der Waals surface area contributed by atoms with E-state index in [0.29, 0.717) is 39.5 Å². The van der Waals surface area contributed by atoms with Gasteiger partial charge in [0.2, 0.25) is 0 Å². The molecule has 4 heterocycles. The number of aliphatic hydroxyl groups is 1. The van der Waals surface area contributed by atoms with Gasteiger partial charge in [-0.2, -0.15) is 10.4 Å². The monoisotopic (exact) mass is 525 g/mol. The van der Waals surface area contributed by atoms with Crippen LogP contribution in [0.15, 0.2) is 78.0 Å². The molecule has 0 radical (unpaired) electrons. The number of aromatic nitrogens is 4. The van der Waals surface area contributed by atoms with Gasteiger partial charge in [-0.25, -0.2) is 13.9 Å². The van der Waals surface area contributed by atoms with Crippen LogP contribution >= 0.6 is 0 Å². The minimum Gasteiger partial charge on any atom is -0.451 e. The second-order valence-electron chi connectivity index (χ2n) is 9.43. The molecule has 0 bridgehead atoms. The fraction of sp³-hybridized carbons (Fsp3) is 0.179. The fourth-order valence-electron chi connectivity index (χ4n) is 3.90. The van der Waals surface area contributed by atoms with Gasteiger partial charge in [0.1, 0.15) is 24.2 Å². The molecule has 0 spiro atoms. The van der Waals surface area contributed by atoms with Crippen LogP contribution in [0.5, 0.6) is 0 Å². The Morgan fingerprint density at radius 1 is 1.15 bits per heavy atom. The summed E-state index contributed by atoms with van der Waals surface area (Å²) in [6.45, 7) is 2.31.